The molecule has 0 aliphatic heterocycles. The molecule has 3 rings (SSSR count). The monoisotopic (exact) mass is 323 g/mol. The van der Waals surface area contributed by atoms with E-state index in [9.17, 15) is 9.90 Å². The van der Waals surface area contributed by atoms with Crippen molar-refractivity contribution in [2.75, 3.05) is 7.11 Å². The molecule has 2 aromatic carbocycles. The Morgan fingerprint density at radius 1 is 1.25 bits per heavy atom. The Kier molecular flexibility index (Phi) is 4.56. The van der Waals surface area contributed by atoms with Crippen LogP contribution in [0.4, 0.5) is 0 Å². The van der Waals surface area contributed by atoms with Gasteiger partial charge in [-0.15, -0.1) is 0 Å². The van der Waals surface area contributed by atoms with E-state index in [-0.39, 0.29) is 11.5 Å². The first-order valence-electron chi connectivity index (χ1n) is 8.06. The summed E-state index contributed by atoms with van der Waals surface area (Å²) >= 11 is 0. The van der Waals surface area contributed by atoms with Gasteiger partial charge in [0, 0.05) is 23.5 Å². The summed E-state index contributed by atoms with van der Waals surface area (Å²) < 4.78 is 5.32. The maximum atomic E-state index is 12.6. The van der Waals surface area contributed by atoms with Crippen LogP contribution in [-0.2, 0) is 6.42 Å². The summed E-state index contributed by atoms with van der Waals surface area (Å²) in [6.07, 6.45) is 3.94. The number of benzene rings is 2. The molecule has 0 radical (unpaired) electrons. The lowest BCUT2D eigenvalue weighted by molar-refractivity contribution is 0.0976. The van der Waals surface area contributed by atoms with Gasteiger partial charge in [-0.05, 0) is 55.2 Å². The van der Waals surface area contributed by atoms with Crippen molar-refractivity contribution in [1.82, 2.24) is 4.98 Å². The number of rotatable bonds is 6. The van der Waals surface area contributed by atoms with E-state index < -0.39 is 0 Å². The third-order valence-electron chi connectivity index (χ3n) is 4.33. The Morgan fingerprint density at radius 3 is 2.88 bits per heavy atom. The first kappa shape index (κ1) is 16.1. The van der Waals surface area contributed by atoms with E-state index in [1.165, 1.54) is 0 Å². The fourth-order valence-electron chi connectivity index (χ4n) is 3.11. The second kappa shape index (κ2) is 6.79. The van der Waals surface area contributed by atoms with Gasteiger partial charge in [-0.3, -0.25) is 4.79 Å². The number of ether oxygens (including phenoxy) is 1. The van der Waals surface area contributed by atoms with Gasteiger partial charge in [0.15, 0.2) is 5.78 Å². The summed E-state index contributed by atoms with van der Waals surface area (Å²) in [7, 11) is 1.59. The number of carbonyl (C=O) groups is 1. The minimum atomic E-state index is 0.104. The average molecular weight is 323 g/mol. The third-order valence-corrected chi connectivity index (χ3v) is 4.33. The molecule has 1 heterocycles. The molecule has 2 N–H and O–H groups in total. The maximum absolute atomic E-state index is 12.6. The number of fused-ring (bicyclic) bond motifs is 1. The minimum absolute atomic E-state index is 0.104. The number of aromatic nitrogens is 1. The highest BCUT2D eigenvalue weighted by atomic mass is 16.5. The largest absolute Gasteiger partial charge is 0.508 e. The number of nitrogens with one attached hydrogen (secondary N) is 1. The van der Waals surface area contributed by atoms with Gasteiger partial charge in [0.1, 0.15) is 11.5 Å². The Labute approximate surface area is 141 Å². The summed E-state index contributed by atoms with van der Waals surface area (Å²) in [6, 6.07) is 10.9. The van der Waals surface area contributed by atoms with Crippen molar-refractivity contribution in [3.05, 3.63) is 59.3 Å². The molecule has 0 amide bonds. The summed E-state index contributed by atoms with van der Waals surface area (Å²) in [5.41, 5.74) is 3.73. The van der Waals surface area contributed by atoms with Crippen LogP contribution in [0.3, 0.4) is 0 Å². The third kappa shape index (κ3) is 3.13. The van der Waals surface area contributed by atoms with Crippen molar-refractivity contribution in [3.8, 4) is 11.5 Å². The number of hydrogen-bond acceptors (Lipinski definition) is 3. The van der Waals surface area contributed by atoms with E-state index in [0.717, 1.165) is 34.9 Å². The van der Waals surface area contributed by atoms with Gasteiger partial charge in [-0.25, -0.2) is 0 Å². The second-order valence-corrected chi connectivity index (χ2v) is 5.97. The van der Waals surface area contributed by atoms with Gasteiger partial charge in [0.05, 0.1) is 12.7 Å². The number of phenolic OH excluding ortho intramolecular Hbond substituents is 1. The lowest BCUT2D eigenvalue weighted by Gasteiger charge is -2.10. The van der Waals surface area contributed by atoms with Crippen molar-refractivity contribution < 1.29 is 14.6 Å². The molecule has 4 heteroatoms. The van der Waals surface area contributed by atoms with Gasteiger partial charge in [-0.1, -0.05) is 12.1 Å². The molecule has 0 saturated heterocycles. The Bertz CT molecular complexity index is 880. The van der Waals surface area contributed by atoms with Crippen LogP contribution in [0.15, 0.2) is 42.6 Å². The van der Waals surface area contributed by atoms with Crippen molar-refractivity contribution in [2.24, 2.45) is 0 Å². The van der Waals surface area contributed by atoms with Gasteiger partial charge in [0.2, 0.25) is 0 Å². The van der Waals surface area contributed by atoms with Crippen molar-refractivity contribution in [2.45, 2.75) is 26.2 Å². The molecule has 24 heavy (non-hydrogen) atoms. The van der Waals surface area contributed by atoms with Crippen LogP contribution in [0.5, 0.6) is 11.5 Å². The Balaban J connectivity index is 1.70. The molecule has 0 spiro atoms. The molecule has 0 aliphatic rings. The Hall–Kier alpha value is -2.75. The number of aromatic amines is 1. The van der Waals surface area contributed by atoms with E-state index in [1.54, 1.807) is 19.2 Å². The van der Waals surface area contributed by atoms with Gasteiger partial charge in [0.25, 0.3) is 0 Å². The predicted octanol–water partition coefficient (Wildman–Crippen LogP) is 4.40. The van der Waals surface area contributed by atoms with E-state index in [4.69, 9.17) is 4.74 Å². The number of methoxy groups -OCH3 is 1. The normalized spacial score (nSPS) is 10.9. The highest BCUT2D eigenvalue weighted by Crippen LogP contribution is 2.26. The van der Waals surface area contributed by atoms with Crippen LogP contribution < -0.4 is 4.74 Å². The topological polar surface area (TPSA) is 62.3 Å². The number of hydrogen-bond donors (Lipinski definition) is 2. The molecule has 0 unspecified atom stereocenters. The van der Waals surface area contributed by atoms with Crippen molar-refractivity contribution >= 4 is 16.7 Å². The van der Waals surface area contributed by atoms with E-state index in [2.05, 4.69) is 4.98 Å². The molecule has 0 fully saturated rings. The van der Waals surface area contributed by atoms with E-state index in [0.29, 0.717) is 17.7 Å². The van der Waals surface area contributed by atoms with E-state index >= 15 is 0 Å². The van der Waals surface area contributed by atoms with Gasteiger partial charge >= 0.3 is 0 Å². The molecule has 3 aromatic rings. The number of aryl methyl sites for hydroxylation is 2. The number of carbonyl (C=O) groups excluding carboxylic acids is 1. The minimum Gasteiger partial charge on any atom is -0.508 e. The smallest absolute Gasteiger partial charge is 0.166 e. The maximum Gasteiger partial charge on any atom is 0.166 e. The second-order valence-electron chi connectivity index (χ2n) is 5.97. The van der Waals surface area contributed by atoms with Crippen LogP contribution in [0.25, 0.3) is 10.9 Å². The molecule has 1 aromatic heterocycles. The standard InChI is InChI=1S/C20H21NO3/c1-13-5-3-8-19(24-2)20(13)18(23)7-4-6-14-12-21-17-10-9-15(22)11-16(14)17/h3,5,8-12,21-22H,4,6-7H2,1-2H3. The molecule has 124 valence electrons. The van der Waals surface area contributed by atoms with Crippen molar-refractivity contribution in [3.63, 3.8) is 0 Å². The van der Waals surface area contributed by atoms with Crippen LogP contribution in [-0.4, -0.2) is 23.0 Å². The van der Waals surface area contributed by atoms with Crippen molar-refractivity contribution in [1.29, 1.82) is 0 Å². The van der Waals surface area contributed by atoms with Crippen LogP contribution in [0.1, 0.15) is 34.3 Å². The molecule has 0 bridgehead atoms. The zero-order valence-corrected chi connectivity index (χ0v) is 13.9. The number of aromatic hydroxyl groups is 1. The number of ketones is 1. The molecule has 0 atom stereocenters. The Morgan fingerprint density at radius 2 is 2.08 bits per heavy atom. The molecule has 0 aliphatic carbocycles. The molecule has 0 saturated carbocycles. The zero-order chi connectivity index (χ0) is 17.1. The molecular formula is C20H21NO3. The SMILES string of the molecule is COc1cccc(C)c1C(=O)CCCc1c[nH]c2ccc(O)cc12. The summed E-state index contributed by atoms with van der Waals surface area (Å²) in [6.45, 7) is 1.93. The fourth-order valence-corrected chi connectivity index (χ4v) is 3.11. The molecule has 4 nitrogen and oxygen atoms in total. The lowest BCUT2D eigenvalue weighted by atomic mass is 9.98. The van der Waals surface area contributed by atoms with Crippen LogP contribution >= 0.6 is 0 Å². The number of Topliss-reactive ketones (excluding diaryl/α,β-unsaturated/α-hetero) is 1. The summed E-state index contributed by atoms with van der Waals surface area (Å²) in [5.74, 6) is 0.994. The first-order chi connectivity index (χ1) is 11.6. The number of H-pyrrole nitrogens is 1. The highest BCUT2D eigenvalue weighted by Gasteiger charge is 2.15. The highest BCUT2D eigenvalue weighted by molar-refractivity contribution is 6.00. The predicted molar refractivity (Wildman–Crippen MR) is 95.0 cm³/mol. The van der Waals surface area contributed by atoms with Gasteiger partial charge < -0.3 is 14.8 Å². The molecular weight excluding hydrogens is 302 g/mol. The fraction of sp³-hybridized carbons (Fsp3) is 0.250. The zero-order valence-electron chi connectivity index (χ0n) is 13.9. The van der Waals surface area contributed by atoms with Gasteiger partial charge in [-0.2, -0.15) is 0 Å². The van der Waals surface area contributed by atoms with Crippen LogP contribution in [0.2, 0.25) is 0 Å². The quantitative estimate of drug-likeness (QED) is 0.661. The van der Waals surface area contributed by atoms with Crippen LogP contribution in [0, 0.1) is 6.92 Å². The van der Waals surface area contributed by atoms with E-state index in [1.807, 2.05) is 37.4 Å². The summed E-state index contributed by atoms with van der Waals surface area (Å²) in [5, 5.41) is 10.7. The summed E-state index contributed by atoms with van der Waals surface area (Å²) in [4.78, 5) is 15.8. The number of phenols is 1. The first-order valence-corrected chi connectivity index (χ1v) is 8.06. The lowest BCUT2D eigenvalue weighted by Crippen LogP contribution is -2.05. The average Bonchev–Trinajstić information content (AvgIpc) is 2.96.